The van der Waals surface area contributed by atoms with Gasteiger partial charge >= 0.3 is 0 Å². The van der Waals surface area contributed by atoms with E-state index in [4.69, 9.17) is 5.26 Å². The zero-order chi connectivity index (χ0) is 12.5. The van der Waals surface area contributed by atoms with Crippen molar-refractivity contribution in [2.75, 3.05) is 6.54 Å². The van der Waals surface area contributed by atoms with Gasteiger partial charge in [-0.3, -0.25) is 4.79 Å². The van der Waals surface area contributed by atoms with Crippen molar-refractivity contribution in [3.05, 3.63) is 41.5 Å². The Morgan fingerprint density at radius 3 is 2.71 bits per heavy atom. The summed E-state index contributed by atoms with van der Waals surface area (Å²) < 4.78 is 0. The Kier molecular flexibility index (Phi) is 5.53. The van der Waals surface area contributed by atoms with Crippen molar-refractivity contribution in [2.24, 2.45) is 0 Å². The molecule has 0 bridgehead atoms. The average molecular weight is 228 g/mol. The molecule has 0 aliphatic heterocycles. The van der Waals surface area contributed by atoms with Crippen LogP contribution >= 0.6 is 0 Å². The fourth-order valence-corrected chi connectivity index (χ4v) is 1.34. The molecule has 3 nitrogen and oxygen atoms in total. The van der Waals surface area contributed by atoms with Crippen LogP contribution < -0.4 is 5.32 Å². The second-order valence-corrected chi connectivity index (χ2v) is 3.69. The number of unbranched alkanes of at least 4 members (excludes halogenated alkanes) is 1. The largest absolute Gasteiger partial charge is 0.351 e. The van der Waals surface area contributed by atoms with Crippen LogP contribution in [0, 0.1) is 11.3 Å². The standard InChI is InChI=1S/C14H16N2O/c1-2-3-9-16-14(17)13(11-15)10-12-7-5-4-6-8-12/h4-8,10H,2-3,9H2,1H3,(H,16,17)/b13-10+. The lowest BCUT2D eigenvalue weighted by molar-refractivity contribution is -0.117. The van der Waals surface area contributed by atoms with E-state index in [0.29, 0.717) is 6.54 Å². The minimum atomic E-state index is -0.301. The number of hydrogen-bond donors (Lipinski definition) is 1. The number of carbonyl (C=O) groups excluding carboxylic acids is 1. The van der Waals surface area contributed by atoms with E-state index in [1.165, 1.54) is 0 Å². The van der Waals surface area contributed by atoms with E-state index in [1.54, 1.807) is 6.08 Å². The molecule has 0 atom stereocenters. The van der Waals surface area contributed by atoms with E-state index in [0.717, 1.165) is 18.4 Å². The van der Waals surface area contributed by atoms with Crippen molar-refractivity contribution in [1.29, 1.82) is 5.26 Å². The maximum absolute atomic E-state index is 11.7. The summed E-state index contributed by atoms with van der Waals surface area (Å²) in [6, 6.07) is 11.3. The van der Waals surface area contributed by atoms with E-state index >= 15 is 0 Å². The summed E-state index contributed by atoms with van der Waals surface area (Å²) in [7, 11) is 0. The Labute approximate surface area is 102 Å². The number of amides is 1. The molecule has 0 aliphatic rings. The monoisotopic (exact) mass is 228 g/mol. The lowest BCUT2D eigenvalue weighted by Crippen LogP contribution is -2.25. The van der Waals surface area contributed by atoms with Gasteiger partial charge in [-0.25, -0.2) is 0 Å². The van der Waals surface area contributed by atoms with Gasteiger partial charge in [0.15, 0.2) is 0 Å². The van der Waals surface area contributed by atoms with Gasteiger partial charge in [-0.2, -0.15) is 5.26 Å². The van der Waals surface area contributed by atoms with Crippen LogP contribution in [-0.4, -0.2) is 12.5 Å². The molecule has 1 aromatic carbocycles. The molecule has 3 heteroatoms. The molecule has 0 spiro atoms. The highest BCUT2D eigenvalue weighted by molar-refractivity contribution is 6.01. The molecule has 0 saturated heterocycles. The molecular weight excluding hydrogens is 212 g/mol. The van der Waals surface area contributed by atoms with Gasteiger partial charge < -0.3 is 5.32 Å². The third-order valence-electron chi connectivity index (χ3n) is 2.29. The van der Waals surface area contributed by atoms with Gasteiger partial charge in [0, 0.05) is 6.54 Å². The third kappa shape index (κ3) is 4.52. The summed E-state index contributed by atoms with van der Waals surface area (Å²) >= 11 is 0. The van der Waals surface area contributed by atoms with Crippen LogP contribution in [0.25, 0.3) is 6.08 Å². The maximum atomic E-state index is 11.7. The predicted molar refractivity (Wildman–Crippen MR) is 67.9 cm³/mol. The highest BCUT2D eigenvalue weighted by Gasteiger charge is 2.07. The fourth-order valence-electron chi connectivity index (χ4n) is 1.34. The lowest BCUT2D eigenvalue weighted by Gasteiger charge is -2.02. The molecule has 0 fully saturated rings. The molecular formula is C14H16N2O. The topological polar surface area (TPSA) is 52.9 Å². The smallest absolute Gasteiger partial charge is 0.261 e. The first-order chi connectivity index (χ1) is 8.27. The van der Waals surface area contributed by atoms with Gasteiger partial charge in [0.1, 0.15) is 11.6 Å². The first kappa shape index (κ1) is 13.0. The molecule has 0 saturated carbocycles. The second-order valence-electron chi connectivity index (χ2n) is 3.69. The number of nitrogens with zero attached hydrogens (tertiary/aromatic N) is 1. The Hall–Kier alpha value is -2.08. The summed E-state index contributed by atoms with van der Waals surface area (Å²) in [5.41, 5.74) is 1.00. The maximum Gasteiger partial charge on any atom is 0.261 e. The Morgan fingerprint density at radius 1 is 1.41 bits per heavy atom. The number of rotatable bonds is 5. The quantitative estimate of drug-likeness (QED) is 0.478. The SMILES string of the molecule is CCCCNC(=O)/C(C#N)=C/c1ccccc1. The molecule has 1 amide bonds. The van der Waals surface area contributed by atoms with Crippen molar-refractivity contribution < 1.29 is 4.79 Å². The molecule has 0 radical (unpaired) electrons. The van der Waals surface area contributed by atoms with Crippen LogP contribution in [0.5, 0.6) is 0 Å². The number of nitrogens with one attached hydrogen (secondary N) is 1. The summed E-state index contributed by atoms with van der Waals surface area (Å²) in [6.45, 7) is 2.67. The molecule has 1 aromatic rings. The van der Waals surface area contributed by atoms with E-state index in [1.807, 2.05) is 36.4 Å². The summed E-state index contributed by atoms with van der Waals surface area (Å²) in [5, 5.41) is 11.7. The molecule has 0 heterocycles. The molecule has 88 valence electrons. The lowest BCUT2D eigenvalue weighted by atomic mass is 10.1. The van der Waals surface area contributed by atoms with Gasteiger partial charge in [-0.05, 0) is 18.1 Å². The average Bonchev–Trinajstić information content (AvgIpc) is 2.37. The number of nitriles is 1. The van der Waals surface area contributed by atoms with E-state index in [9.17, 15) is 4.79 Å². The van der Waals surface area contributed by atoms with Crippen molar-refractivity contribution in [3.8, 4) is 6.07 Å². The van der Waals surface area contributed by atoms with Gasteiger partial charge in [0.05, 0.1) is 0 Å². The van der Waals surface area contributed by atoms with Crippen LogP contribution in [0.2, 0.25) is 0 Å². The van der Waals surface area contributed by atoms with Gasteiger partial charge in [0.25, 0.3) is 5.91 Å². The van der Waals surface area contributed by atoms with E-state index < -0.39 is 0 Å². The van der Waals surface area contributed by atoms with E-state index in [-0.39, 0.29) is 11.5 Å². The molecule has 17 heavy (non-hydrogen) atoms. The molecule has 1 rings (SSSR count). The number of benzene rings is 1. The van der Waals surface area contributed by atoms with Crippen molar-refractivity contribution in [2.45, 2.75) is 19.8 Å². The zero-order valence-corrected chi connectivity index (χ0v) is 9.94. The first-order valence-electron chi connectivity index (χ1n) is 5.73. The van der Waals surface area contributed by atoms with Crippen LogP contribution in [0.15, 0.2) is 35.9 Å². The zero-order valence-electron chi connectivity index (χ0n) is 9.94. The summed E-state index contributed by atoms with van der Waals surface area (Å²) in [5.74, 6) is -0.301. The normalized spacial score (nSPS) is 10.7. The highest BCUT2D eigenvalue weighted by Crippen LogP contribution is 2.06. The van der Waals surface area contributed by atoms with Gasteiger partial charge in [0.2, 0.25) is 0 Å². The minimum absolute atomic E-state index is 0.146. The van der Waals surface area contributed by atoms with Crippen LogP contribution in [-0.2, 0) is 4.79 Å². The van der Waals surface area contributed by atoms with Crippen molar-refractivity contribution in [3.63, 3.8) is 0 Å². The predicted octanol–water partition coefficient (Wildman–Crippen LogP) is 2.51. The van der Waals surface area contributed by atoms with Gasteiger partial charge in [-0.15, -0.1) is 0 Å². The van der Waals surface area contributed by atoms with Gasteiger partial charge in [-0.1, -0.05) is 43.7 Å². The fraction of sp³-hybridized carbons (Fsp3) is 0.286. The Morgan fingerprint density at radius 2 is 2.12 bits per heavy atom. The number of hydrogen-bond acceptors (Lipinski definition) is 2. The molecule has 0 aromatic heterocycles. The molecule has 0 aliphatic carbocycles. The highest BCUT2D eigenvalue weighted by atomic mass is 16.1. The van der Waals surface area contributed by atoms with Crippen LogP contribution in [0.1, 0.15) is 25.3 Å². The number of carbonyl (C=O) groups is 1. The van der Waals surface area contributed by atoms with Crippen molar-refractivity contribution in [1.82, 2.24) is 5.32 Å². The first-order valence-corrected chi connectivity index (χ1v) is 5.73. The van der Waals surface area contributed by atoms with E-state index in [2.05, 4.69) is 12.2 Å². The minimum Gasteiger partial charge on any atom is -0.351 e. The molecule has 1 N–H and O–H groups in total. The van der Waals surface area contributed by atoms with Crippen LogP contribution in [0.4, 0.5) is 0 Å². The molecule has 0 unspecified atom stereocenters. The Bertz CT molecular complexity index is 429. The second kappa shape index (κ2) is 7.24. The van der Waals surface area contributed by atoms with Crippen molar-refractivity contribution >= 4 is 12.0 Å². The summed E-state index contributed by atoms with van der Waals surface area (Å²) in [6.07, 6.45) is 3.54. The Balaban J connectivity index is 2.69. The summed E-state index contributed by atoms with van der Waals surface area (Å²) in [4.78, 5) is 11.7. The van der Waals surface area contributed by atoms with Crippen LogP contribution in [0.3, 0.4) is 0 Å². The third-order valence-corrected chi connectivity index (χ3v) is 2.29.